The molecule has 5 nitrogen and oxygen atoms in total. The number of carbonyl (C=O) groups is 2. The molecule has 178 valence electrons. The van der Waals surface area contributed by atoms with Gasteiger partial charge in [-0.15, -0.1) is 0 Å². The van der Waals surface area contributed by atoms with Gasteiger partial charge in [-0.3, -0.25) is 4.79 Å². The summed E-state index contributed by atoms with van der Waals surface area (Å²) in [5.41, 5.74) is 4.67. The van der Waals surface area contributed by atoms with Gasteiger partial charge in [-0.05, 0) is 56.5 Å². The molecule has 1 N–H and O–H groups in total. The molecule has 0 bridgehead atoms. The Morgan fingerprint density at radius 3 is 2.35 bits per heavy atom. The van der Waals surface area contributed by atoms with E-state index in [2.05, 4.69) is 5.32 Å². The zero-order chi connectivity index (χ0) is 23.9. The molecule has 0 aliphatic heterocycles. The number of hydrogen-bond acceptors (Lipinski definition) is 3. The number of esters is 1. The van der Waals surface area contributed by atoms with Crippen molar-refractivity contribution in [1.29, 1.82) is 0 Å². The van der Waals surface area contributed by atoms with Crippen LogP contribution in [0, 0.1) is 6.92 Å². The van der Waals surface area contributed by atoms with Crippen LogP contribution in [-0.2, 0) is 4.74 Å². The number of rotatable bonds is 6. The first-order chi connectivity index (χ1) is 16.6. The van der Waals surface area contributed by atoms with Crippen LogP contribution in [0.3, 0.4) is 0 Å². The molecule has 1 aliphatic rings. The quantitative estimate of drug-likeness (QED) is 0.431. The fourth-order valence-electron chi connectivity index (χ4n) is 4.83. The van der Waals surface area contributed by atoms with Gasteiger partial charge < -0.3 is 14.6 Å². The van der Waals surface area contributed by atoms with Crippen molar-refractivity contribution >= 4 is 11.9 Å². The predicted octanol–water partition coefficient (Wildman–Crippen LogP) is 6.47. The van der Waals surface area contributed by atoms with Gasteiger partial charge in [0.15, 0.2) is 0 Å². The Bertz CT molecular complexity index is 1130. The van der Waals surface area contributed by atoms with Crippen molar-refractivity contribution in [3.05, 3.63) is 77.5 Å². The first-order valence-electron chi connectivity index (χ1n) is 12.4. The zero-order valence-corrected chi connectivity index (χ0v) is 20.2. The summed E-state index contributed by atoms with van der Waals surface area (Å²) >= 11 is 0. The van der Waals surface area contributed by atoms with Crippen molar-refractivity contribution in [3.8, 4) is 16.9 Å². The minimum Gasteiger partial charge on any atom is -0.462 e. The third kappa shape index (κ3) is 5.41. The third-order valence-corrected chi connectivity index (χ3v) is 6.62. The molecule has 5 heteroatoms. The molecule has 1 amide bonds. The van der Waals surface area contributed by atoms with Crippen LogP contribution in [0.5, 0.6) is 0 Å². The van der Waals surface area contributed by atoms with E-state index in [4.69, 9.17) is 4.74 Å². The first kappa shape index (κ1) is 23.8. The Morgan fingerprint density at radius 1 is 0.941 bits per heavy atom. The summed E-state index contributed by atoms with van der Waals surface area (Å²) in [6, 6.07) is 19.7. The van der Waals surface area contributed by atoms with Crippen LogP contribution in [0.4, 0.5) is 0 Å². The molecule has 1 fully saturated rings. The number of aromatic nitrogens is 1. The minimum absolute atomic E-state index is 0.0379. The second kappa shape index (κ2) is 11.2. The number of nitrogens with one attached hydrogen (secondary N) is 1. The molecule has 0 atom stereocenters. The van der Waals surface area contributed by atoms with Crippen LogP contribution in [-0.4, -0.2) is 29.1 Å². The Balaban J connectivity index is 1.68. The van der Waals surface area contributed by atoms with Crippen LogP contribution >= 0.6 is 0 Å². The molecule has 1 aliphatic carbocycles. The van der Waals surface area contributed by atoms with E-state index in [1.165, 1.54) is 32.1 Å². The average molecular weight is 459 g/mol. The number of carbonyl (C=O) groups excluding carboxylic acids is 2. The fraction of sp³-hybridized carbons (Fsp3) is 0.379. The van der Waals surface area contributed by atoms with E-state index in [1.807, 2.05) is 72.2 Å². The maximum atomic E-state index is 13.1. The standard InChI is InChI=1S/C29H34N2O3/c1-3-34-29(33)26-20-27(22-13-8-7-9-14-22)31(21(26)2)25-18-12-15-23(19-25)28(32)30-24-16-10-5-4-6-11-17-24/h7-9,12-15,18-20,24H,3-6,10-11,16-17H2,1-2H3,(H,30,32). The molecule has 3 aromatic rings. The molecule has 4 rings (SSSR count). The number of ether oxygens (including phenoxy) is 1. The van der Waals surface area contributed by atoms with Gasteiger partial charge in [0.2, 0.25) is 0 Å². The lowest BCUT2D eigenvalue weighted by atomic mass is 9.96. The molecule has 1 heterocycles. The summed E-state index contributed by atoms with van der Waals surface area (Å²) in [7, 11) is 0. The first-order valence-corrected chi connectivity index (χ1v) is 12.4. The van der Waals surface area contributed by atoms with Gasteiger partial charge >= 0.3 is 5.97 Å². The van der Waals surface area contributed by atoms with Gasteiger partial charge in [0, 0.05) is 23.0 Å². The normalized spacial score (nSPS) is 14.8. The highest BCUT2D eigenvalue weighted by molar-refractivity contribution is 5.95. The molecule has 0 spiro atoms. The summed E-state index contributed by atoms with van der Waals surface area (Å²) in [6.07, 6.45) is 8.23. The molecule has 0 radical (unpaired) electrons. The van der Waals surface area contributed by atoms with Crippen molar-refractivity contribution in [2.45, 2.75) is 64.8 Å². The van der Waals surface area contributed by atoms with E-state index in [0.29, 0.717) is 17.7 Å². The number of hydrogen-bond donors (Lipinski definition) is 1. The Labute approximate surface area is 202 Å². The number of benzene rings is 2. The van der Waals surface area contributed by atoms with E-state index >= 15 is 0 Å². The molecule has 0 saturated heterocycles. The summed E-state index contributed by atoms with van der Waals surface area (Å²) < 4.78 is 7.33. The fourth-order valence-corrected chi connectivity index (χ4v) is 4.83. The lowest BCUT2D eigenvalue weighted by Gasteiger charge is -2.21. The lowest BCUT2D eigenvalue weighted by Crippen LogP contribution is -2.35. The number of nitrogens with zero attached hydrogens (tertiary/aromatic N) is 1. The van der Waals surface area contributed by atoms with Crippen molar-refractivity contribution in [3.63, 3.8) is 0 Å². The van der Waals surface area contributed by atoms with E-state index in [1.54, 1.807) is 6.92 Å². The highest BCUT2D eigenvalue weighted by atomic mass is 16.5. The van der Waals surface area contributed by atoms with Crippen LogP contribution in [0.15, 0.2) is 60.7 Å². The van der Waals surface area contributed by atoms with Crippen molar-refractivity contribution in [1.82, 2.24) is 9.88 Å². The maximum Gasteiger partial charge on any atom is 0.339 e. The second-order valence-corrected chi connectivity index (χ2v) is 9.02. The zero-order valence-electron chi connectivity index (χ0n) is 20.2. The van der Waals surface area contributed by atoms with Gasteiger partial charge in [-0.25, -0.2) is 4.79 Å². The Morgan fingerprint density at radius 2 is 1.65 bits per heavy atom. The summed E-state index contributed by atoms with van der Waals surface area (Å²) in [6.45, 7) is 4.04. The molecule has 0 unspecified atom stereocenters. The van der Waals surface area contributed by atoms with Gasteiger partial charge in [0.1, 0.15) is 0 Å². The monoisotopic (exact) mass is 458 g/mol. The molecular weight excluding hydrogens is 424 g/mol. The largest absolute Gasteiger partial charge is 0.462 e. The average Bonchev–Trinajstić information content (AvgIpc) is 3.18. The van der Waals surface area contributed by atoms with E-state index in [0.717, 1.165) is 35.5 Å². The van der Waals surface area contributed by atoms with Crippen molar-refractivity contribution in [2.24, 2.45) is 0 Å². The van der Waals surface area contributed by atoms with E-state index < -0.39 is 0 Å². The predicted molar refractivity (Wildman–Crippen MR) is 135 cm³/mol. The minimum atomic E-state index is -0.339. The molecule has 1 saturated carbocycles. The molecule has 2 aromatic carbocycles. The van der Waals surface area contributed by atoms with Crippen molar-refractivity contribution < 1.29 is 14.3 Å². The highest BCUT2D eigenvalue weighted by Gasteiger charge is 2.21. The molecule has 1 aromatic heterocycles. The Hall–Kier alpha value is -3.34. The van der Waals surface area contributed by atoms with Crippen LogP contribution in [0.25, 0.3) is 16.9 Å². The third-order valence-electron chi connectivity index (χ3n) is 6.62. The van der Waals surface area contributed by atoms with Crippen molar-refractivity contribution in [2.75, 3.05) is 6.61 Å². The molecule has 34 heavy (non-hydrogen) atoms. The Kier molecular flexibility index (Phi) is 7.84. The van der Waals surface area contributed by atoms with Gasteiger partial charge in [-0.1, -0.05) is 68.5 Å². The van der Waals surface area contributed by atoms with Gasteiger partial charge in [0.25, 0.3) is 5.91 Å². The lowest BCUT2D eigenvalue weighted by molar-refractivity contribution is 0.0525. The topological polar surface area (TPSA) is 60.3 Å². The van der Waals surface area contributed by atoms with Crippen LogP contribution in [0.2, 0.25) is 0 Å². The van der Waals surface area contributed by atoms with Gasteiger partial charge in [0.05, 0.1) is 17.9 Å². The van der Waals surface area contributed by atoms with Crippen LogP contribution < -0.4 is 5.32 Å². The maximum absolute atomic E-state index is 13.1. The SMILES string of the molecule is CCOC(=O)c1cc(-c2ccccc2)n(-c2cccc(C(=O)NC3CCCCCCC3)c2)c1C. The van der Waals surface area contributed by atoms with E-state index in [9.17, 15) is 9.59 Å². The smallest absolute Gasteiger partial charge is 0.339 e. The number of amides is 1. The van der Waals surface area contributed by atoms with Gasteiger partial charge in [-0.2, -0.15) is 0 Å². The second-order valence-electron chi connectivity index (χ2n) is 9.02. The summed E-state index contributed by atoms with van der Waals surface area (Å²) in [4.78, 5) is 25.8. The molecular formula is C29H34N2O3. The summed E-state index contributed by atoms with van der Waals surface area (Å²) in [5.74, 6) is -0.377. The highest BCUT2D eigenvalue weighted by Crippen LogP contribution is 2.30. The summed E-state index contributed by atoms with van der Waals surface area (Å²) in [5, 5.41) is 3.26. The van der Waals surface area contributed by atoms with E-state index in [-0.39, 0.29) is 17.9 Å². The van der Waals surface area contributed by atoms with Crippen LogP contribution in [0.1, 0.15) is 78.3 Å².